The van der Waals surface area contributed by atoms with Crippen LogP contribution in [0.2, 0.25) is 0 Å². The molecule has 1 aromatic carbocycles. The van der Waals surface area contributed by atoms with Gasteiger partial charge < -0.3 is 5.32 Å². The molecule has 0 radical (unpaired) electrons. The summed E-state index contributed by atoms with van der Waals surface area (Å²) < 4.78 is 13.7. The van der Waals surface area contributed by atoms with Crippen LogP contribution in [0.4, 0.5) is 10.2 Å². The minimum atomic E-state index is -0.583. The van der Waals surface area contributed by atoms with Crippen molar-refractivity contribution in [2.24, 2.45) is 0 Å². The Morgan fingerprint density at radius 1 is 1.29 bits per heavy atom. The van der Waals surface area contributed by atoms with Crippen molar-refractivity contribution >= 4 is 11.7 Å². The molecule has 2 aromatic rings. The highest BCUT2D eigenvalue weighted by Gasteiger charge is 2.29. The molecule has 0 bridgehead atoms. The lowest BCUT2D eigenvalue weighted by molar-refractivity contribution is -0.117. The van der Waals surface area contributed by atoms with Crippen LogP contribution >= 0.6 is 0 Å². The van der Waals surface area contributed by atoms with Crippen LogP contribution in [0.25, 0.3) is 0 Å². The zero-order valence-electron chi connectivity index (χ0n) is 11.7. The summed E-state index contributed by atoms with van der Waals surface area (Å²) in [6.07, 6.45) is 5.33. The summed E-state index contributed by atoms with van der Waals surface area (Å²) in [6.45, 7) is 1.68. The lowest BCUT2D eigenvalue weighted by Gasteiger charge is -2.14. The number of amides is 1. The standard InChI is InChI=1S/C16H16FN3O/c1-10(12-4-2-3-5-13(12)17)16(21)20-15-14(11-6-7-11)18-8-9-19-15/h2-5,8-11H,6-7H2,1H3,(H,19,20,21). The lowest BCUT2D eigenvalue weighted by Crippen LogP contribution is -2.21. The maximum atomic E-state index is 13.7. The van der Waals surface area contributed by atoms with Crippen LogP contribution in [-0.2, 0) is 4.79 Å². The minimum absolute atomic E-state index is 0.275. The molecule has 0 spiro atoms. The van der Waals surface area contributed by atoms with Crippen molar-refractivity contribution in [2.75, 3.05) is 5.32 Å². The summed E-state index contributed by atoms with van der Waals surface area (Å²) in [5.74, 6) is -0.351. The summed E-state index contributed by atoms with van der Waals surface area (Å²) in [4.78, 5) is 20.8. The highest BCUT2D eigenvalue weighted by atomic mass is 19.1. The number of halogens is 1. The maximum absolute atomic E-state index is 13.7. The minimum Gasteiger partial charge on any atom is -0.309 e. The Bertz CT molecular complexity index is 670. The number of aromatic nitrogens is 2. The van der Waals surface area contributed by atoms with Crippen molar-refractivity contribution in [1.29, 1.82) is 0 Å². The predicted octanol–water partition coefficient (Wildman–Crippen LogP) is 3.24. The Hall–Kier alpha value is -2.30. The quantitative estimate of drug-likeness (QED) is 0.938. The summed E-state index contributed by atoms with van der Waals surface area (Å²) in [7, 11) is 0. The molecule has 1 amide bonds. The molecule has 3 rings (SSSR count). The maximum Gasteiger partial charge on any atom is 0.232 e. The number of rotatable bonds is 4. The third kappa shape index (κ3) is 2.91. The smallest absolute Gasteiger partial charge is 0.232 e. The molecule has 1 aromatic heterocycles. The third-order valence-corrected chi connectivity index (χ3v) is 3.70. The monoisotopic (exact) mass is 285 g/mol. The van der Waals surface area contributed by atoms with E-state index in [4.69, 9.17) is 0 Å². The van der Waals surface area contributed by atoms with Crippen molar-refractivity contribution in [1.82, 2.24) is 9.97 Å². The second-order valence-corrected chi connectivity index (χ2v) is 5.30. The van der Waals surface area contributed by atoms with E-state index in [1.807, 2.05) is 0 Å². The first-order chi connectivity index (χ1) is 10.2. The number of nitrogens with zero attached hydrogens (tertiary/aromatic N) is 2. The molecular formula is C16H16FN3O. The molecule has 1 atom stereocenters. The van der Waals surface area contributed by atoms with E-state index in [9.17, 15) is 9.18 Å². The van der Waals surface area contributed by atoms with Gasteiger partial charge in [-0.2, -0.15) is 0 Å². The van der Waals surface area contributed by atoms with E-state index in [1.165, 1.54) is 6.07 Å². The number of anilines is 1. The van der Waals surface area contributed by atoms with Gasteiger partial charge in [-0.3, -0.25) is 9.78 Å². The van der Waals surface area contributed by atoms with Crippen LogP contribution < -0.4 is 5.32 Å². The third-order valence-electron chi connectivity index (χ3n) is 3.70. The number of hydrogen-bond acceptors (Lipinski definition) is 3. The molecule has 1 aliphatic rings. The first-order valence-electron chi connectivity index (χ1n) is 7.03. The molecular weight excluding hydrogens is 269 g/mol. The van der Waals surface area contributed by atoms with Gasteiger partial charge in [-0.25, -0.2) is 9.37 Å². The van der Waals surface area contributed by atoms with E-state index in [-0.39, 0.29) is 11.7 Å². The van der Waals surface area contributed by atoms with Crippen molar-refractivity contribution in [2.45, 2.75) is 31.6 Å². The number of carbonyl (C=O) groups excluding carboxylic acids is 1. The van der Waals surface area contributed by atoms with Gasteiger partial charge in [0.15, 0.2) is 5.82 Å². The molecule has 1 unspecified atom stereocenters. The van der Waals surface area contributed by atoms with Gasteiger partial charge in [0.05, 0.1) is 11.6 Å². The molecule has 21 heavy (non-hydrogen) atoms. The van der Waals surface area contributed by atoms with Crippen LogP contribution in [-0.4, -0.2) is 15.9 Å². The highest BCUT2D eigenvalue weighted by Crippen LogP contribution is 2.41. The number of benzene rings is 1. The van der Waals surface area contributed by atoms with E-state index in [0.29, 0.717) is 17.3 Å². The van der Waals surface area contributed by atoms with Gasteiger partial charge in [-0.05, 0) is 31.4 Å². The number of nitrogens with one attached hydrogen (secondary N) is 1. The van der Waals surface area contributed by atoms with Crippen LogP contribution in [0.15, 0.2) is 36.7 Å². The average molecular weight is 285 g/mol. The molecule has 5 heteroatoms. The zero-order chi connectivity index (χ0) is 14.8. The van der Waals surface area contributed by atoms with Crippen LogP contribution in [0, 0.1) is 5.82 Å². The van der Waals surface area contributed by atoms with E-state index in [1.54, 1.807) is 37.5 Å². The number of hydrogen-bond donors (Lipinski definition) is 1. The van der Waals surface area contributed by atoms with Crippen LogP contribution in [0.3, 0.4) is 0 Å². The molecule has 1 fully saturated rings. The normalized spacial score (nSPS) is 15.5. The molecule has 108 valence electrons. The van der Waals surface area contributed by atoms with E-state index in [2.05, 4.69) is 15.3 Å². The Morgan fingerprint density at radius 3 is 2.71 bits per heavy atom. The molecule has 4 nitrogen and oxygen atoms in total. The number of carbonyl (C=O) groups is 1. The van der Waals surface area contributed by atoms with Gasteiger partial charge in [0.2, 0.25) is 5.91 Å². The first-order valence-corrected chi connectivity index (χ1v) is 7.03. The van der Waals surface area contributed by atoms with Gasteiger partial charge >= 0.3 is 0 Å². The molecule has 0 saturated heterocycles. The van der Waals surface area contributed by atoms with Crippen molar-refractivity contribution in [3.63, 3.8) is 0 Å². The van der Waals surface area contributed by atoms with Crippen LogP contribution in [0.1, 0.15) is 42.9 Å². The summed E-state index contributed by atoms with van der Waals surface area (Å²) >= 11 is 0. The topological polar surface area (TPSA) is 54.9 Å². The molecule has 1 saturated carbocycles. The van der Waals surface area contributed by atoms with Crippen molar-refractivity contribution < 1.29 is 9.18 Å². The molecule has 1 aliphatic carbocycles. The Labute approximate surface area is 122 Å². The highest BCUT2D eigenvalue weighted by molar-refractivity contribution is 5.95. The average Bonchev–Trinajstić information content (AvgIpc) is 3.32. The van der Waals surface area contributed by atoms with Gasteiger partial charge in [0, 0.05) is 18.3 Å². The van der Waals surface area contributed by atoms with E-state index in [0.717, 1.165) is 18.5 Å². The van der Waals surface area contributed by atoms with E-state index < -0.39 is 5.92 Å². The fourth-order valence-corrected chi connectivity index (χ4v) is 2.29. The van der Waals surface area contributed by atoms with Gasteiger partial charge in [-0.1, -0.05) is 18.2 Å². The Balaban J connectivity index is 1.79. The Kier molecular flexibility index (Phi) is 3.64. The second-order valence-electron chi connectivity index (χ2n) is 5.30. The SMILES string of the molecule is CC(C(=O)Nc1nccnc1C1CC1)c1ccccc1F. The molecule has 1 heterocycles. The molecule has 1 N–H and O–H groups in total. The van der Waals surface area contributed by atoms with Gasteiger partial charge in [0.1, 0.15) is 5.82 Å². The largest absolute Gasteiger partial charge is 0.309 e. The van der Waals surface area contributed by atoms with E-state index >= 15 is 0 Å². The van der Waals surface area contributed by atoms with Crippen LogP contribution in [0.5, 0.6) is 0 Å². The predicted molar refractivity (Wildman–Crippen MR) is 77.5 cm³/mol. The lowest BCUT2D eigenvalue weighted by atomic mass is 10.00. The fourth-order valence-electron chi connectivity index (χ4n) is 2.29. The summed E-state index contributed by atoms with van der Waals surface area (Å²) in [6, 6.07) is 6.31. The summed E-state index contributed by atoms with van der Waals surface area (Å²) in [5.41, 5.74) is 1.21. The fraction of sp³-hybridized carbons (Fsp3) is 0.312. The van der Waals surface area contributed by atoms with Crippen molar-refractivity contribution in [3.05, 3.63) is 53.7 Å². The Morgan fingerprint density at radius 2 is 2.00 bits per heavy atom. The van der Waals surface area contributed by atoms with Gasteiger partial charge in [-0.15, -0.1) is 0 Å². The van der Waals surface area contributed by atoms with Crippen molar-refractivity contribution in [3.8, 4) is 0 Å². The second kappa shape index (κ2) is 5.60. The molecule has 0 aliphatic heterocycles. The first kappa shape index (κ1) is 13.7. The summed E-state index contributed by atoms with van der Waals surface area (Å²) in [5, 5.41) is 2.78. The van der Waals surface area contributed by atoms with Gasteiger partial charge in [0.25, 0.3) is 0 Å². The zero-order valence-corrected chi connectivity index (χ0v) is 11.7.